The van der Waals surface area contributed by atoms with Gasteiger partial charge in [0.05, 0.1) is 0 Å². The van der Waals surface area contributed by atoms with Crippen LogP contribution in [0.1, 0.15) is 46.5 Å². The Morgan fingerprint density at radius 2 is 1.94 bits per heavy atom. The number of aliphatic imine (C=N–C) groups is 1. The van der Waals surface area contributed by atoms with Crippen molar-refractivity contribution < 1.29 is 4.79 Å². The Morgan fingerprint density at radius 1 is 1.38 bits per heavy atom. The van der Waals surface area contributed by atoms with E-state index >= 15 is 0 Å². The van der Waals surface area contributed by atoms with Crippen molar-refractivity contribution in [3.05, 3.63) is 0 Å². The molecule has 1 aliphatic heterocycles. The van der Waals surface area contributed by atoms with Crippen molar-refractivity contribution in [3.8, 4) is 0 Å². The van der Waals surface area contributed by atoms with E-state index in [9.17, 15) is 4.79 Å². The fourth-order valence-corrected chi connectivity index (χ4v) is 2.84. The fourth-order valence-electron chi connectivity index (χ4n) is 2.84. The van der Waals surface area contributed by atoms with E-state index < -0.39 is 5.54 Å². The van der Waals surface area contributed by atoms with E-state index in [-0.39, 0.29) is 5.91 Å². The van der Waals surface area contributed by atoms with Crippen molar-refractivity contribution in [1.29, 1.82) is 0 Å². The SMILES string of the molecule is CC(C)(C)C1CCC2(CC1)N=C(N)NC2=O. The first kappa shape index (κ1) is 11.4. The van der Waals surface area contributed by atoms with E-state index in [2.05, 4.69) is 31.1 Å². The number of rotatable bonds is 0. The van der Waals surface area contributed by atoms with Crippen LogP contribution >= 0.6 is 0 Å². The van der Waals surface area contributed by atoms with Crippen LogP contribution < -0.4 is 11.1 Å². The summed E-state index contributed by atoms with van der Waals surface area (Å²) < 4.78 is 0. The molecule has 0 atom stereocenters. The lowest BCUT2D eigenvalue weighted by Crippen LogP contribution is -2.44. The molecule has 2 aliphatic rings. The molecule has 0 saturated heterocycles. The number of nitrogens with one attached hydrogen (secondary N) is 1. The summed E-state index contributed by atoms with van der Waals surface area (Å²) in [7, 11) is 0. The minimum atomic E-state index is -0.536. The Bertz CT molecular complexity index is 333. The molecule has 2 rings (SSSR count). The molecule has 4 heteroatoms. The number of carbonyl (C=O) groups excluding carboxylic acids is 1. The first-order valence-electron chi connectivity index (χ1n) is 6.00. The number of guanidine groups is 1. The maximum absolute atomic E-state index is 11.8. The summed E-state index contributed by atoms with van der Waals surface area (Å²) in [5, 5.41) is 2.62. The molecule has 1 aliphatic carbocycles. The van der Waals surface area contributed by atoms with Gasteiger partial charge in [0.25, 0.3) is 5.91 Å². The van der Waals surface area contributed by atoms with Crippen molar-refractivity contribution in [2.75, 3.05) is 0 Å². The molecule has 1 heterocycles. The summed E-state index contributed by atoms with van der Waals surface area (Å²) in [6, 6.07) is 0. The van der Waals surface area contributed by atoms with Crippen molar-refractivity contribution in [2.24, 2.45) is 22.1 Å². The molecule has 0 aromatic carbocycles. The van der Waals surface area contributed by atoms with Gasteiger partial charge in [0.2, 0.25) is 0 Å². The Morgan fingerprint density at radius 3 is 2.31 bits per heavy atom. The van der Waals surface area contributed by atoms with Gasteiger partial charge in [0, 0.05) is 0 Å². The summed E-state index contributed by atoms with van der Waals surface area (Å²) in [6.07, 6.45) is 3.80. The average molecular weight is 223 g/mol. The summed E-state index contributed by atoms with van der Waals surface area (Å²) in [6.45, 7) is 6.80. The lowest BCUT2D eigenvalue weighted by molar-refractivity contribution is -0.125. The number of hydrogen-bond donors (Lipinski definition) is 2. The number of nitrogens with two attached hydrogens (primary N) is 1. The maximum Gasteiger partial charge on any atom is 0.254 e. The van der Waals surface area contributed by atoms with Gasteiger partial charge < -0.3 is 5.73 Å². The number of hydrogen-bond acceptors (Lipinski definition) is 3. The Hall–Kier alpha value is -1.06. The van der Waals surface area contributed by atoms with Gasteiger partial charge in [0.1, 0.15) is 5.54 Å². The molecule has 1 fully saturated rings. The van der Waals surface area contributed by atoms with E-state index in [1.807, 2.05) is 0 Å². The minimum absolute atomic E-state index is 0.00245. The summed E-state index contributed by atoms with van der Waals surface area (Å²) >= 11 is 0. The smallest absolute Gasteiger partial charge is 0.254 e. The number of nitrogens with zero attached hydrogens (tertiary/aromatic N) is 1. The molecule has 0 radical (unpaired) electrons. The number of amides is 1. The molecular weight excluding hydrogens is 202 g/mol. The highest BCUT2D eigenvalue weighted by Gasteiger charge is 2.47. The molecule has 3 N–H and O–H groups in total. The highest BCUT2D eigenvalue weighted by molar-refractivity contribution is 6.06. The van der Waals surface area contributed by atoms with E-state index in [4.69, 9.17) is 5.73 Å². The molecule has 0 unspecified atom stereocenters. The first-order valence-corrected chi connectivity index (χ1v) is 6.00. The van der Waals surface area contributed by atoms with E-state index in [0.717, 1.165) is 25.7 Å². The van der Waals surface area contributed by atoms with Gasteiger partial charge in [-0.3, -0.25) is 10.1 Å². The van der Waals surface area contributed by atoms with E-state index in [1.165, 1.54) is 0 Å². The predicted molar refractivity (Wildman–Crippen MR) is 63.9 cm³/mol. The van der Waals surface area contributed by atoms with Crippen LogP contribution in [0.5, 0.6) is 0 Å². The minimum Gasteiger partial charge on any atom is -0.370 e. The highest BCUT2D eigenvalue weighted by Crippen LogP contribution is 2.43. The highest BCUT2D eigenvalue weighted by atomic mass is 16.2. The molecule has 0 bridgehead atoms. The zero-order valence-electron chi connectivity index (χ0n) is 10.3. The van der Waals surface area contributed by atoms with Gasteiger partial charge in [0.15, 0.2) is 5.96 Å². The van der Waals surface area contributed by atoms with Crippen molar-refractivity contribution in [3.63, 3.8) is 0 Å². The summed E-state index contributed by atoms with van der Waals surface area (Å²) in [5.41, 5.74) is 5.36. The summed E-state index contributed by atoms with van der Waals surface area (Å²) in [4.78, 5) is 16.1. The van der Waals surface area contributed by atoms with Crippen molar-refractivity contribution in [1.82, 2.24) is 5.32 Å². The largest absolute Gasteiger partial charge is 0.370 e. The third kappa shape index (κ3) is 1.81. The molecule has 1 amide bonds. The van der Waals surface area contributed by atoms with Crippen LogP contribution in [-0.4, -0.2) is 17.4 Å². The van der Waals surface area contributed by atoms with Crippen LogP contribution in [0.25, 0.3) is 0 Å². The molecule has 16 heavy (non-hydrogen) atoms. The Kier molecular flexibility index (Phi) is 2.48. The van der Waals surface area contributed by atoms with Gasteiger partial charge in [-0.1, -0.05) is 20.8 Å². The van der Waals surface area contributed by atoms with Crippen molar-refractivity contribution >= 4 is 11.9 Å². The second kappa shape index (κ2) is 3.47. The second-order valence-corrected chi connectivity index (χ2v) is 6.12. The molecule has 0 aromatic rings. The molecule has 1 spiro atoms. The van der Waals surface area contributed by atoms with Gasteiger partial charge in [-0.15, -0.1) is 0 Å². The predicted octanol–water partition coefficient (Wildman–Crippen LogP) is 1.41. The monoisotopic (exact) mass is 223 g/mol. The molecule has 0 aromatic heterocycles. The zero-order chi connectivity index (χ0) is 12.0. The summed E-state index contributed by atoms with van der Waals surface area (Å²) in [5.74, 6) is 0.972. The van der Waals surface area contributed by atoms with Gasteiger partial charge in [-0.05, 0) is 37.0 Å². The molecule has 1 saturated carbocycles. The van der Waals surface area contributed by atoms with Crippen LogP contribution in [0.15, 0.2) is 4.99 Å². The van der Waals surface area contributed by atoms with Gasteiger partial charge >= 0.3 is 0 Å². The first-order chi connectivity index (χ1) is 7.33. The number of carbonyl (C=O) groups is 1. The van der Waals surface area contributed by atoms with Crippen molar-refractivity contribution in [2.45, 2.75) is 52.0 Å². The Balaban J connectivity index is 2.08. The third-order valence-electron chi connectivity index (χ3n) is 4.04. The zero-order valence-corrected chi connectivity index (χ0v) is 10.3. The maximum atomic E-state index is 11.8. The topological polar surface area (TPSA) is 67.5 Å². The Labute approximate surface area is 96.7 Å². The van der Waals surface area contributed by atoms with Crippen LogP contribution in [0.2, 0.25) is 0 Å². The quantitative estimate of drug-likeness (QED) is 0.652. The van der Waals surface area contributed by atoms with E-state index in [1.54, 1.807) is 0 Å². The van der Waals surface area contributed by atoms with Gasteiger partial charge in [-0.25, -0.2) is 4.99 Å². The standard InChI is InChI=1S/C12H21N3O/c1-11(2,3)8-4-6-12(7-5-8)9(16)14-10(13)15-12/h8H,4-7H2,1-3H3,(H3,13,14,15,16). The average Bonchev–Trinajstić information content (AvgIpc) is 2.41. The van der Waals surface area contributed by atoms with E-state index in [0.29, 0.717) is 17.3 Å². The normalized spacial score (nSPS) is 35.1. The third-order valence-corrected chi connectivity index (χ3v) is 4.04. The molecule has 4 nitrogen and oxygen atoms in total. The van der Waals surface area contributed by atoms with Crippen LogP contribution in [0.3, 0.4) is 0 Å². The molecule has 90 valence electrons. The van der Waals surface area contributed by atoms with Crippen LogP contribution in [0.4, 0.5) is 0 Å². The lowest BCUT2D eigenvalue weighted by atomic mass is 9.67. The fraction of sp³-hybridized carbons (Fsp3) is 0.833. The second-order valence-electron chi connectivity index (χ2n) is 6.12. The van der Waals surface area contributed by atoms with Crippen LogP contribution in [-0.2, 0) is 4.79 Å². The lowest BCUT2D eigenvalue weighted by Gasteiger charge is -2.39. The van der Waals surface area contributed by atoms with Gasteiger partial charge in [-0.2, -0.15) is 0 Å². The molecular formula is C12H21N3O. The van der Waals surface area contributed by atoms with Crippen LogP contribution in [0, 0.1) is 11.3 Å².